The van der Waals surface area contributed by atoms with E-state index >= 15 is 0 Å². The van der Waals surface area contributed by atoms with E-state index < -0.39 is 5.60 Å². The van der Waals surface area contributed by atoms with Gasteiger partial charge in [-0.1, -0.05) is 15.9 Å². The van der Waals surface area contributed by atoms with Crippen molar-refractivity contribution in [3.05, 3.63) is 34.3 Å². The Bertz CT molecular complexity index is 661. The third kappa shape index (κ3) is 3.75. The molecule has 1 amide bonds. The van der Waals surface area contributed by atoms with Crippen molar-refractivity contribution in [2.45, 2.75) is 26.4 Å². The number of fused-ring (bicyclic) bond motifs is 1. The van der Waals surface area contributed by atoms with Gasteiger partial charge < -0.3 is 14.4 Å². The average molecular weight is 395 g/mol. The van der Waals surface area contributed by atoms with Gasteiger partial charge in [-0.15, -0.1) is 0 Å². The fraction of sp³-hybridized carbons (Fsp3) is 0.500. The van der Waals surface area contributed by atoms with Crippen LogP contribution in [0.25, 0.3) is 5.70 Å². The van der Waals surface area contributed by atoms with Gasteiger partial charge in [0, 0.05) is 35.4 Å². The van der Waals surface area contributed by atoms with Crippen LogP contribution in [0.2, 0.25) is 0 Å². The zero-order chi connectivity index (χ0) is 17.3. The number of rotatable bonds is 1. The average Bonchev–Trinajstić information content (AvgIpc) is 2.52. The van der Waals surface area contributed by atoms with E-state index in [0.717, 1.165) is 42.0 Å². The van der Waals surface area contributed by atoms with Crippen LogP contribution in [0.1, 0.15) is 26.3 Å². The Kier molecular flexibility index (Phi) is 4.88. The minimum Gasteiger partial charge on any atom is -0.443 e. The van der Waals surface area contributed by atoms with Crippen LogP contribution in [0, 0.1) is 0 Å². The summed E-state index contributed by atoms with van der Waals surface area (Å²) in [7, 11) is 0. The minimum atomic E-state index is -0.516. The highest BCUT2D eigenvalue weighted by atomic mass is 79.9. The number of carbonyl (C=O) groups is 1. The van der Waals surface area contributed by atoms with Crippen molar-refractivity contribution in [2.24, 2.45) is 0 Å². The molecule has 130 valence electrons. The van der Waals surface area contributed by atoms with Crippen molar-refractivity contribution in [1.82, 2.24) is 4.90 Å². The molecule has 2 aliphatic rings. The number of anilines is 1. The maximum absolute atomic E-state index is 12.6. The Hall–Kier alpha value is -1.53. The largest absolute Gasteiger partial charge is 0.443 e. The van der Waals surface area contributed by atoms with Crippen molar-refractivity contribution in [2.75, 3.05) is 37.7 Å². The lowest BCUT2D eigenvalue weighted by Crippen LogP contribution is -2.41. The maximum atomic E-state index is 12.6. The first-order valence-electron chi connectivity index (χ1n) is 8.18. The predicted octanol–water partition coefficient (Wildman–Crippen LogP) is 3.88. The molecule has 2 heterocycles. The van der Waals surface area contributed by atoms with Crippen LogP contribution >= 0.6 is 15.9 Å². The summed E-state index contributed by atoms with van der Waals surface area (Å²) in [6.45, 7) is 9.35. The second kappa shape index (κ2) is 6.76. The van der Waals surface area contributed by atoms with Crippen molar-refractivity contribution in [3.8, 4) is 0 Å². The van der Waals surface area contributed by atoms with E-state index in [1.165, 1.54) is 5.70 Å². The second-order valence-corrected chi connectivity index (χ2v) is 7.86. The second-order valence-electron chi connectivity index (χ2n) is 6.94. The molecule has 1 aromatic rings. The lowest BCUT2D eigenvalue weighted by Gasteiger charge is -2.37. The van der Waals surface area contributed by atoms with E-state index in [1.54, 1.807) is 4.90 Å². The van der Waals surface area contributed by atoms with E-state index in [1.807, 2.05) is 32.9 Å². The molecule has 0 bridgehead atoms. The number of carbonyl (C=O) groups excluding carboxylic acids is 1. The maximum Gasteiger partial charge on any atom is 0.415 e. The number of amides is 1. The first-order valence-corrected chi connectivity index (χ1v) is 8.98. The number of halogens is 1. The molecule has 0 radical (unpaired) electrons. The van der Waals surface area contributed by atoms with Crippen molar-refractivity contribution in [1.29, 1.82) is 0 Å². The van der Waals surface area contributed by atoms with E-state index in [2.05, 4.69) is 33.0 Å². The van der Waals surface area contributed by atoms with Gasteiger partial charge in [0.2, 0.25) is 0 Å². The molecule has 0 N–H and O–H groups in total. The number of hydrogen-bond acceptors (Lipinski definition) is 4. The fourth-order valence-electron chi connectivity index (χ4n) is 2.92. The van der Waals surface area contributed by atoms with Gasteiger partial charge in [0.25, 0.3) is 0 Å². The molecular weight excluding hydrogens is 372 g/mol. The lowest BCUT2D eigenvalue weighted by molar-refractivity contribution is 0.0579. The molecular formula is C18H23BrN2O3. The highest BCUT2D eigenvalue weighted by Crippen LogP contribution is 2.36. The van der Waals surface area contributed by atoms with E-state index in [-0.39, 0.29) is 6.09 Å². The third-order valence-corrected chi connectivity index (χ3v) is 4.45. The Balaban J connectivity index is 1.93. The number of ether oxygens (including phenoxy) is 2. The van der Waals surface area contributed by atoms with Crippen LogP contribution in [0.3, 0.4) is 0 Å². The topological polar surface area (TPSA) is 42.0 Å². The summed E-state index contributed by atoms with van der Waals surface area (Å²) in [6.07, 6.45) is 1.78. The Morgan fingerprint density at radius 1 is 1.25 bits per heavy atom. The molecule has 2 aliphatic heterocycles. The lowest BCUT2D eigenvalue weighted by atomic mass is 10.0. The number of morpholine rings is 1. The SMILES string of the molecule is CC(C)(C)OC(=O)N1CC=C(N2CCOCC2)c2ccc(Br)cc21. The van der Waals surface area contributed by atoms with Crippen molar-refractivity contribution in [3.63, 3.8) is 0 Å². The highest BCUT2D eigenvalue weighted by molar-refractivity contribution is 9.10. The van der Waals surface area contributed by atoms with Crippen LogP contribution in [0.5, 0.6) is 0 Å². The van der Waals surface area contributed by atoms with Gasteiger partial charge in [0.1, 0.15) is 5.60 Å². The molecule has 0 aliphatic carbocycles. The molecule has 0 unspecified atom stereocenters. The zero-order valence-corrected chi connectivity index (χ0v) is 15.9. The minimum absolute atomic E-state index is 0.320. The smallest absolute Gasteiger partial charge is 0.415 e. The monoisotopic (exact) mass is 394 g/mol. The van der Waals surface area contributed by atoms with Crippen LogP contribution in [0.15, 0.2) is 28.7 Å². The fourth-order valence-corrected chi connectivity index (χ4v) is 3.27. The first-order chi connectivity index (χ1) is 11.3. The Morgan fingerprint density at radius 3 is 2.62 bits per heavy atom. The van der Waals surface area contributed by atoms with Gasteiger partial charge in [-0.3, -0.25) is 4.90 Å². The summed E-state index contributed by atoms with van der Waals surface area (Å²) in [5.74, 6) is 0. The molecule has 5 nitrogen and oxygen atoms in total. The quantitative estimate of drug-likeness (QED) is 0.724. The van der Waals surface area contributed by atoms with Crippen LogP contribution in [-0.4, -0.2) is 49.4 Å². The summed E-state index contributed by atoms with van der Waals surface area (Å²) in [5, 5.41) is 0. The molecule has 3 rings (SSSR count). The van der Waals surface area contributed by atoms with Gasteiger partial charge in [-0.2, -0.15) is 0 Å². The van der Waals surface area contributed by atoms with Crippen LogP contribution in [0.4, 0.5) is 10.5 Å². The highest BCUT2D eigenvalue weighted by Gasteiger charge is 2.30. The first kappa shape index (κ1) is 17.3. The predicted molar refractivity (Wildman–Crippen MR) is 98.1 cm³/mol. The molecule has 1 aromatic carbocycles. The summed E-state index contributed by atoms with van der Waals surface area (Å²) in [5.41, 5.74) is 2.58. The van der Waals surface area contributed by atoms with Crippen LogP contribution in [-0.2, 0) is 9.47 Å². The van der Waals surface area contributed by atoms with E-state index in [4.69, 9.17) is 9.47 Å². The molecule has 24 heavy (non-hydrogen) atoms. The molecule has 0 saturated carbocycles. The van der Waals surface area contributed by atoms with Gasteiger partial charge in [-0.05, 0) is 45.0 Å². The molecule has 0 aromatic heterocycles. The summed E-state index contributed by atoms with van der Waals surface area (Å²) >= 11 is 3.51. The van der Waals surface area contributed by atoms with Gasteiger partial charge in [0.05, 0.1) is 18.9 Å². The number of hydrogen-bond donors (Lipinski definition) is 0. The molecule has 0 atom stereocenters. The summed E-state index contributed by atoms with van der Waals surface area (Å²) < 4.78 is 12.0. The van der Waals surface area contributed by atoms with Gasteiger partial charge in [0.15, 0.2) is 0 Å². The van der Waals surface area contributed by atoms with Gasteiger partial charge >= 0.3 is 6.09 Å². The van der Waals surface area contributed by atoms with E-state index in [0.29, 0.717) is 6.54 Å². The summed E-state index contributed by atoms with van der Waals surface area (Å²) in [4.78, 5) is 16.6. The molecule has 1 saturated heterocycles. The summed E-state index contributed by atoms with van der Waals surface area (Å²) in [6, 6.07) is 6.04. The number of benzene rings is 1. The molecule has 0 spiro atoms. The zero-order valence-electron chi connectivity index (χ0n) is 14.3. The molecule has 1 fully saturated rings. The standard InChI is InChI=1S/C18H23BrN2O3/c1-18(2,3)24-17(22)21-7-6-15(20-8-10-23-11-9-20)14-5-4-13(19)12-16(14)21/h4-6,12H,7-11H2,1-3H3. The van der Waals surface area contributed by atoms with E-state index in [9.17, 15) is 4.79 Å². The third-order valence-electron chi connectivity index (χ3n) is 3.96. The van der Waals surface area contributed by atoms with Crippen molar-refractivity contribution < 1.29 is 14.3 Å². The number of nitrogens with zero attached hydrogens (tertiary/aromatic N) is 2. The Morgan fingerprint density at radius 2 is 1.96 bits per heavy atom. The molecule has 6 heteroatoms. The van der Waals surface area contributed by atoms with Crippen molar-refractivity contribution >= 4 is 33.4 Å². The van der Waals surface area contributed by atoms with Gasteiger partial charge in [-0.25, -0.2) is 4.79 Å². The Labute approximate surface area is 151 Å². The van der Waals surface area contributed by atoms with Crippen LogP contribution < -0.4 is 4.90 Å². The normalized spacial score (nSPS) is 18.1.